The number of nitrogens with zero attached hydrogens (tertiary/aromatic N) is 1. The van der Waals surface area contributed by atoms with Gasteiger partial charge in [-0.25, -0.2) is 13.1 Å². The molecule has 0 fully saturated rings. The molecule has 0 saturated heterocycles. The summed E-state index contributed by atoms with van der Waals surface area (Å²) < 4.78 is 31.8. The lowest BCUT2D eigenvalue weighted by atomic mass is 10.2. The standard InChI is InChI=1S/C19H25N3O4S/c1-4-22(2)17-9-6-8-16(14-17)21-19(23)15-7-5-10-18(13-15)27(24,25)20-11-12-26-3/h5-10,13-14,20H,4,11-12H2,1-3H3,(H,21,23). The first-order valence-corrected chi connectivity index (χ1v) is 10.1. The van der Waals surface area contributed by atoms with Gasteiger partial charge in [0.25, 0.3) is 5.91 Å². The number of carbonyl (C=O) groups is 1. The summed E-state index contributed by atoms with van der Waals surface area (Å²) in [5, 5.41) is 2.81. The number of amides is 1. The summed E-state index contributed by atoms with van der Waals surface area (Å²) in [7, 11) is -0.243. The lowest BCUT2D eigenvalue weighted by Crippen LogP contribution is -2.27. The molecule has 0 aliphatic carbocycles. The Morgan fingerprint density at radius 1 is 1.15 bits per heavy atom. The van der Waals surface area contributed by atoms with Crippen LogP contribution < -0.4 is 14.9 Å². The number of ether oxygens (including phenoxy) is 1. The number of rotatable bonds is 9. The van der Waals surface area contributed by atoms with E-state index in [1.807, 2.05) is 32.2 Å². The molecule has 0 heterocycles. The number of anilines is 2. The van der Waals surface area contributed by atoms with E-state index in [0.717, 1.165) is 12.2 Å². The van der Waals surface area contributed by atoms with Crippen molar-refractivity contribution in [3.63, 3.8) is 0 Å². The summed E-state index contributed by atoms with van der Waals surface area (Å²) in [6, 6.07) is 13.4. The fourth-order valence-electron chi connectivity index (χ4n) is 2.37. The third-order valence-corrected chi connectivity index (χ3v) is 5.48. The maximum absolute atomic E-state index is 12.5. The van der Waals surface area contributed by atoms with Gasteiger partial charge in [-0.05, 0) is 43.3 Å². The lowest BCUT2D eigenvalue weighted by molar-refractivity contribution is 0.102. The van der Waals surface area contributed by atoms with Crippen molar-refractivity contribution in [3.8, 4) is 0 Å². The fourth-order valence-corrected chi connectivity index (χ4v) is 3.43. The molecule has 0 aliphatic rings. The highest BCUT2D eigenvalue weighted by atomic mass is 32.2. The predicted octanol–water partition coefficient (Wildman–Crippen LogP) is 2.32. The second kappa shape index (κ2) is 9.50. The number of benzene rings is 2. The molecule has 0 atom stereocenters. The van der Waals surface area contributed by atoms with Crippen LogP contribution in [0.4, 0.5) is 11.4 Å². The molecule has 0 bridgehead atoms. The zero-order valence-electron chi connectivity index (χ0n) is 15.7. The van der Waals surface area contributed by atoms with Crippen LogP contribution >= 0.6 is 0 Å². The first-order valence-electron chi connectivity index (χ1n) is 8.58. The Morgan fingerprint density at radius 2 is 1.89 bits per heavy atom. The minimum atomic E-state index is -3.70. The third-order valence-electron chi connectivity index (χ3n) is 4.02. The van der Waals surface area contributed by atoms with Gasteiger partial charge >= 0.3 is 0 Å². The lowest BCUT2D eigenvalue weighted by Gasteiger charge is -2.17. The molecule has 8 heteroatoms. The van der Waals surface area contributed by atoms with E-state index in [0.29, 0.717) is 5.69 Å². The molecule has 0 unspecified atom stereocenters. The van der Waals surface area contributed by atoms with Crippen molar-refractivity contribution >= 4 is 27.3 Å². The van der Waals surface area contributed by atoms with Gasteiger partial charge in [0, 0.05) is 44.2 Å². The van der Waals surface area contributed by atoms with Crippen molar-refractivity contribution in [2.24, 2.45) is 0 Å². The molecular formula is C19H25N3O4S. The number of methoxy groups -OCH3 is 1. The van der Waals surface area contributed by atoms with Crippen LogP contribution in [-0.4, -0.2) is 48.2 Å². The SMILES string of the molecule is CCN(C)c1cccc(NC(=O)c2cccc(S(=O)(=O)NCCOC)c2)c1. The summed E-state index contributed by atoms with van der Waals surface area (Å²) in [6.45, 7) is 3.31. The summed E-state index contributed by atoms with van der Waals surface area (Å²) >= 11 is 0. The second-order valence-corrected chi connectivity index (χ2v) is 7.70. The van der Waals surface area contributed by atoms with Crippen molar-refractivity contribution in [1.82, 2.24) is 4.72 Å². The predicted molar refractivity (Wildman–Crippen MR) is 107 cm³/mol. The molecule has 2 aromatic carbocycles. The zero-order chi connectivity index (χ0) is 19.9. The summed E-state index contributed by atoms with van der Waals surface area (Å²) in [5.74, 6) is -0.375. The first-order chi connectivity index (χ1) is 12.9. The normalized spacial score (nSPS) is 11.2. The number of sulfonamides is 1. The van der Waals surface area contributed by atoms with Gasteiger partial charge in [0.1, 0.15) is 0 Å². The van der Waals surface area contributed by atoms with Gasteiger partial charge in [-0.15, -0.1) is 0 Å². The molecule has 7 nitrogen and oxygen atoms in total. The average Bonchev–Trinajstić information content (AvgIpc) is 2.67. The number of hydrogen-bond acceptors (Lipinski definition) is 5. The average molecular weight is 391 g/mol. The Bertz CT molecular complexity index is 884. The van der Waals surface area contributed by atoms with E-state index in [1.165, 1.54) is 19.2 Å². The molecule has 0 radical (unpaired) electrons. The monoisotopic (exact) mass is 391 g/mol. The first kappa shape index (κ1) is 20.9. The molecule has 146 valence electrons. The minimum absolute atomic E-state index is 0.0331. The van der Waals surface area contributed by atoms with Gasteiger partial charge < -0.3 is 15.0 Å². The van der Waals surface area contributed by atoms with Crippen LogP contribution in [0, 0.1) is 0 Å². The Morgan fingerprint density at radius 3 is 2.59 bits per heavy atom. The Kier molecular flexibility index (Phi) is 7.35. The maximum Gasteiger partial charge on any atom is 0.255 e. The van der Waals surface area contributed by atoms with E-state index in [-0.39, 0.29) is 29.5 Å². The molecule has 0 spiro atoms. The summed E-state index contributed by atoms with van der Waals surface area (Å²) in [5.41, 5.74) is 1.89. The van der Waals surface area contributed by atoms with Gasteiger partial charge in [-0.3, -0.25) is 4.79 Å². The molecular weight excluding hydrogens is 366 g/mol. The van der Waals surface area contributed by atoms with Crippen molar-refractivity contribution in [3.05, 3.63) is 54.1 Å². The molecule has 2 rings (SSSR count). The Labute approximate surface area is 160 Å². The summed E-state index contributed by atoms with van der Waals surface area (Å²) in [4.78, 5) is 14.6. The number of nitrogens with one attached hydrogen (secondary N) is 2. The molecule has 0 aliphatic heterocycles. The van der Waals surface area contributed by atoms with Crippen molar-refractivity contribution in [2.75, 3.05) is 44.1 Å². The van der Waals surface area contributed by atoms with E-state index in [9.17, 15) is 13.2 Å². The maximum atomic E-state index is 12.5. The molecule has 2 N–H and O–H groups in total. The largest absolute Gasteiger partial charge is 0.383 e. The quantitative estimate of drug-likeness (QED) is 0.641. The van der Waals surface area contributed by atoms with Crippen LogP contribution in [0.15, 0.2) is 53.4 Å². The van der Waals surface area contributed by atoms with Crippen LogP contribution in [-0.2, 0) is 14.8 Å². The Balaban J connectivity index is 2.16. The molecule has 27 heavy (non-hydrogen) atoms. The smallest absolute Gasteiger partial charge is 0.255 e. The highest BCUT2D eigenvalue weighted by Crippen LogP contribution is 2.19. The van der Waals surface area contributed by atoms with Gasteiger partial charge in [-0.1, -0.05) is 12.1 Å². The van der Waals surface area contributed by atoms with Crippen LogP contribution in [0.2, 0.25) is 0 Å². The fraction of sp³-hybridized carbons (Fsp3) is 0.316. The minimum Gasteiger partial charge on any atom is -0.383 e. The van der Waals surface area contributed by atoms with Gasteiger partial charge in [-0.2, -0.15) is 0 Å². The van der Waals surface area contributed by atoms with Gasteiger partial charge in [0.2, 0.25) is 10.0 Å². The zero-order valence-corrected chi connectivity index (χ0v) is 16.5. The van der Waals surface area contributed by atoms with E-state index in [4.69, 9.17) is 4.74 Å². The van der Waals surface area contributed by atoms with Crippen LogP contribution in [0.1, 0.15) is 17.3 Å². The van der Waals surface area contributed by atoms with E-state index >= 15 is 0 Å². The van der Waals surface area contributed by atoms with Crippen molar-refractivity contribution in [1.29, 1.82) is 0 Å². The van der Waals surface area contributed by atoms with E-state index in [1.54, 1.807) is 18.2 Å². The molecule has 0 aromatic heterocycles. The van der Waals surface area contributed by atoms with Gasteiger partial charge in [0.15, 0.2) is 0 Å². The van der Waals surface area contributed by atoms with Crippen LogP contribution in [0.5, 0.6) is 0 Å². The number of carbonyl (C=O) groups excluding carboxylic acids is 1. The van der Waals surface area contributed by atoms with Crippen LogP contribution in [0.3, 0.4) is 0 Å². The highest BCUT2D eigenvalue weighted by molar-refractivity contribution is 7.89. The summed E-state index contributed by atoms with van der Waals surface area (Å²) in [6.07, 6.45) is 0. The topological polar surface area (TPSA) is 87.7 Å². The van der Waals surface area contributed by atoms with Crippen molar-refractivity contribution < 1.29 is 17.9 Å². The van der Waals surface area contributed by atoms with Crippen LogP contribution in [0.25, 0.3) is 0 Å². The molecule has 0 saturated carbocycles. The van der Waals surface area contributed by atoms with Crippen molar-refractivity contribution in [2.45, 2.75) is 11.8 Å². The van der Waals surface area contributed by atoms with E-state index in [2.05, 4.69) is 14.9 Å². The third kappa shape index (κ3) is 5.78. The molecule has 1 amide bonds. The highest BCUT2D eigenvalue weighted by Gasteiger charge is 2.16. The van der Waals surface area contributed by atoms with Gasteiger partial charge in [0.05, 0.1) is 11.5 Å². The number of hydrogen-bond donors (Lipinski definition) is 2. The Hall–Kier alpha value is -2.42. The second-order valence-electron chi connectivity index (χ2n) is 5.94. The van der Waals surface area contributed by atoms with E-state index < -0.39 is 10.0 Å². The molecule has 2 aromatic rings.